The lowest BCUT2D eigenvalue weighted by molar-refractivity contribution is -0.199. The van der Waals surface area contributed by atoms with Gasteiger partial charge >= 0.3 is 7.12 Å². The van der Waals surface area contributed by atoms with Gasteiger partial charge in [0.1, 0.15) is 6.04 Å². The molecule has 2 heterocycles. The number of aryl methyl sites for hydroxylation is 2. The van der Waals surface area contributed by atoms with Crippen LogP contribution in [-0.2, 0) is 25.3 Å². The van der Waals surface area contributed by atoms with Crippen LogP contribution in [-0.4, -0.2) is 54.1 Å². The second-order valence-electron chi connectivity index (χ2n) is 12.3. The van der Waals surface area contributed by atoms with E-state index in [0.29, 0.717) is 31.2 Å². The number of piperidine rings is 1. The van der Waals surface area contributed by atoms with Gasteiger partial charge in [0.05, 0.1) is 17.6 Å². The van der Waals surface area contributed by atoms with Gasteiger partial charge in [-0.25, -0.2) is 0 Å². The van der Waals surface area contributed by atoms with E-state index in [1.165, 1.54) is 29.2 Å². The first kappa shape index (κ1) is 25.5. The number of rotatable bonds is 6. The average molecular weight is 492 g/mol. The lowest BCUT2D eigenvalue weighted by Crippen LogP contribution is -2.65. The number of nitrogens with one attached hydrogen (secondary N) is 1. The van der Waals surface area contributed by atoms with Gasteiger partial charge in [0.25, 0.3) is 0 Å². The fraction of sp³-hybridized carbons (Fsp3) is 0.655. The highest BCUT2D eigenvalue weighted by Gasteiger charge is 2.68. The number of carbonyl (C=O) groups is 2. The van der Waals surface area contributed by atoms with Crippen LogP contribution in [0.25, 0.3) is 0 Å². The van der Waals surface area contributed by atoms with Crippen molar-refractivity contribution < 1.29 is 18.9 Å². The summed E-state index contributed by atoms with van der Waals surface area (Å²) in [6.07, 6.45) is 6.65. The summed E-state index contributed by atoms with van der Waals surface area (Å²) in [7, 11) is -0.521. The van der Waals surface area contributed by atoms with Gasteiger partial charge in [-0.15, -0.1) is 0 Å². The number of benzene rings is 1. The maximum Gasteiger partial charge on any atom is 0.482 e. The van der Waals surface area contributed by atoms with E-state index in [9.17, 15) is 9.59 Å². The zero-order chi connectivity index (χ0) is 25.8. The lowest BCUT2D eigenvalue weighted by Gasteiger charge is -2.64. The van der Waals surface area contributed by atoms with Crippen LogP contribution in [0.5, 0.6) is 0 Å². The van der Waals surface area contributed by atoms with E-state index in [0.717, 1.165) is 19.3 Å². The molecule has 3 saturated carbocycles. The molecule has 2 saturated heterocycles. The molecule has 2 aliphatic heterocycles. The molecule has 2 amide bonds. The van der Waals surface area contributed by atoms with E-state index in [1.54, 1.807) is 4.90 Å². The summed E-state index contributed by atoms with van der Waals surface area (Å²) in [4.78, 5) is 27.8. The van der Waals surface area contributed by atoms with Crippen molar-refractivity contribution in [3.8, 4) is 0 Å². The Kier molecular flexibility index (Phi) is 6.61. The van der Waals surface area contributed by atoms with Gasteiger partial charge in [-0.1, -0.05) is 44.2 Å². The Morgan fingerprint density at radius 2 is 2.03 bits per heavy atom. The van der Waals surface area contributed by atoms with E-state index in [-0.39, 0.29) is 34.9 Å². The van der Waals surface area contributed by atoms with Gasteiger partial charge < -0.3 is 19.5 Å². The fourth-order valence-corrected chi connectivity index (χ4v) is 7.46. The summed E-state index contributed by atoms with van der Waals surface area (Å²) in [5.74, 6) is 0.460. The van der Waals surface area contributed by atoms with Crippen LogP contribution >= 0.6 is 0 Å². The number of nitrogens with zero attached hydrogens (tertiary/aromatic N) is 1. The Morgan fingerprint density at radius 1 is 1.25 bits per heavy atom. The number of hydrogen-bond acceptors (Lipinski definition) is 4. The van der Waals surface area contributed by atoms with Crippen molar-refractivity contribution >= 4 is 18.9 Å². The van der Waals surface area contributed by atoms with Gasteiger partial charge in [-0.05, 0) is 93.7 Å². The molecule has 0 spiro atoms. The largest absolute Gasteiger partial charge is 0.482 e. The Bertz CT molecular complexity index is 1060. The van der Waals surface area contributed by atoms with E-state index < -0.39 is 13.2 Å². The molecular formula is C29H41BN2O4. The predicted octanol–water partition coefficient (Wildman–Crippen LogP) is 4.17. The highest BCUT2D eigenvalue weighted by Crippen LogP contribution is 2.65. The van der Waals surface area contributed by atoms with E-state index in [4.69, 9.17) is 9.31 Å². The first-order chi connectivity index (χ1) is 17.0. The quantitative estimate of drug-likeness (QED) is 0.478. The van der Waals surface area contributed by atoms with Gasteiger partial charge in [-0.2, -0.15) is 0 Å². The Hall–Kier alpha value is -2.12. The van der Waals surface area contributed by atoms with Gasteiger partial charge in [0.15, 0.2) is 0 Å². The highest BCUT2D eigenvalue weighted by molar-refractivity contribution is 6.48. The molecule has 0 unspecified atom stereocenters. The molecule has 194 valence electrons. The van der Waals surface area contributed by atoms with Crippen molar-refractivity contribution in [3.05, 3.63) is 47.5 Å². The normalized spacial score (nSPS) is 33.4. The van der Waals surface area contributed by atoms with Crippen molar-refractivity contribution in [1.82, 2.24) is 10.2 Å². The average Bonchev–Trinajstić information content (AvgIpc) is 3.21. The minimum absolute atomic E-state index is 0.0475. The van der Waals surface area contributed by atoms with Crippen molar-refractivity contribution in [2.24, 2.45) is 17.3 Å². The molecule has 1 aromatic rings. The molecule has 5 fully saturated rings. The van der Waals surface area contributed by atoms with Crippen LogP contribution in [0.1, 0.15) is 69.6 Å². The number of amides is 2. The van der Waals surface area contributed by atoms with Crippen LogP contribution < -0.4 is 5.32 Å². The smallest absolute Gasteiger partial charge is 0.404 e. The molecule has 0 aromatic heterocycles. The monoisotopic (exact) mass is 492 g/mol. The molecule has 6 atom stereocenters. The third kappa shape index (κ3) is 4.22. The zero-order valence-corrected chi connectivity index (χ0v) is 22.5. The predicted molar refractivity (Wildman–Crippen MR) is 141 cm³/mol. The van der Waals surface area contributed by atoms with Gasteiger partial charge in [0.2, 0.25) is 11.8 Å². The third-order valence-corrected chi connectivity index (χ3v) is 9.83. The topological polar surface area (TPSA) is 67.9 Å². The number of hydrogen-bond donors (Lipinski definition) is 1. The van der Waals surface area contributed by atoms with Crippen LogP contribution in [0.4, 0.5) is 0 Å². The highest BCUT2D eigenvalue weighted by atomic mass is 16.7. The summed E-state index contributed by atoms with van der Waals surface area (Å²) in [6.45, 7) is 15.3. The summed E-state index contributed by atoms with van der Waals surface area (Å²) < 4.78 is 13.4. The molecule has 1 N–H and O–H groups in total. The Labute approximate surface area is 216 Å². The van der Waals surface area contributed by atoms with Crippen LogP contribution in [0.3, 0.4) is 0 Å². The molecule has 7 heteroatoms. The summed E-state index contributed by atoms with van der Waals surface area (Å²) in [6, 6.07) is 5.94. The maximum absolute atomic E-state index is 13.6. The lowest BCUT2D eigenvalue weighted by atomic mass is 9.43. The molecule has 0 radical (unpaired) electrons. The zero-order valence-electron chi connectivity index (χ0n) is 22.5. The standard InChI is InChI=1S/C29H41BN2O4/c1-7-26(33)32-13-9-8-10-22(32)27(34)31-25(15-20-12-11-18(2)14-19(20)3)30-35-24-17-21-16-23(28(21,4)5)29(24,6)36-30/h7,11-12,14,21-25H,1,8-10,13,15-17H2,2-6H3,(H,31,34)/t21-,22+,23-,24+,25-,29-/m0/s1. The molecule has 36 heavy (non-hydrogen) atoms. The number of carbonyl (C=O) groups excluding carboxylic acids is 2. The molecule has 6 rings (SSSR count). The van der Waals surface area contributed by atoms with Crippen LogP contribution in [0, 0.1) is 31.1 Å². The van der Waals surface area contributed by atoms with Crippen molar-refractivity contribution in [3.63, 3.8) is 0 Å². The fourth-order valence-electron chi connectivity index (χ4n) is 7.46. The molecular weight excluding hydrogens is 451 g/mol. The van der Waals surface area contributed by atoms with E-state index >= 15 is 0 Å². The van der Waals surface area contributed by atoms with Gasteiger partial charge in [-0.3, -0.25) is 9.59 Å². The van der Waals surface area contributed by atoms with Crippen molar-refractivity contribution in [2.45, 2.75) is 96.8 Å². The third-order valence-electron chi connectivity index (χ3n) is 9.83. The SMILES string of the molecule is C=CC(=O)N1CCCC[C@@H]1C(=O)N[C@@H](Cc1ccc(C)cc1C)B1O[C@@H]2C[C@@H]3C[C@@H](C3(C)C)[C@]2(C)O1. The molecule has 1 aromatic carbocycles. The Balaban J connectivity index is 1.40. The first-order valence-corrected chi connectivity index (χ1v) is 13.7. The van der Waals surface area contributed by atoms with Crippen molar-refractivity contribution in [1.29, 1.82) is 0 Å². The van der Waals surface area contributed by atoms with E-state index in [2.05, 4.69) is 64.7 Å². The van der Waals surface area contributed by atoms with Gasteiger partial charge in [0, 0.05) is 6.54 Å². The molecule has 5 aliphatic rings. The Morgan fingerprint density at radius 3 is 2.72 bits per heavy atom. The molecule has 2 bridgehead atoms. The second-order valence-corrected chi connectivity index (χ2v) is 12.3. The number of likely N-dealkylation sites (tertiary alicyclic amines) is 1. The van der Waals surface area contributed by atoms with E-state index in [1.807, 2.05) is 0 Å². The van der Waals surface area contributed by atoms with Crippen LogP contribution in [0.2, 0.25) is 0 Å². The summed E-state index contributed by atoms with van der Waals surface area (Å²) in [5, 5.41) is 3.29. The first-order valence-electron chi connectivity index (χ1n) is 13.7. The molecule has 3 aliphatic carbocycles. The maximum atomic E-state index is 13.6. The summed E-state index contributed by atoms with van der Waals surface area (Å²) in [5.41, 5.74) is 3.49. The minimum Gasteiger partial charge on any atom is -0.404 e. The van der Waals surface area contributed by atoms with Crippen LogP contribution in [0.15, 0.2) is 30.9 Å². The summed E-state index contributed by atoms with van der Waals surface area (Å²) >= 11 is 0. The minimum atomic E-state index is -0.521. The van der Waals surface area contributed by atoms with Crippen molar-refractivity contribution in [2.75, 3.05) is 6.54 Å². The second kappa shape index (κ2) is 9.32. The molecule has 6 nitrogen and oxygen atoms in total.